The summed E-state index contributed by atoms with van der Waals surface area (Å²) in [5.41, 5.74) is 1.34. The van der Waals surface area contributed by atoms with Gasteiger partial charge in [-0.25, -0.2) is 0 Å². The molecule has 2 aliphatic carbocycles. The molecular weight excluding hydrogens is 404 g/mol. The van der Waals surface area contributed by atoms with E-state index in [1.807, 2.05) is 0 Å². The van der Waals surface area contributed by atoms with Crippen LogP contribution in [-0.2, 0) is 9.59 Å². The normalized spacial score (nSPS) is 26.3. The molecule has 0 unspecified atom stereocenters. The number of nitrogens with zero attached hydrogens (tertiary/aromatic N) is 1. The predicted octanol–water partition coefficient (Wildman–Crippen LogP) is 3.91. The van der Waals surface area contributed by atoms with Crippen LogP contribution in [0.2, 0.25) is 5.02 Å². The second-order valence-electron chi connectivity index (χ2n) is 7.86. The molecule has 0 spiro atoms. The number of imide groups is 1. The van der Waals surface area contributed by atoms with Gasteiger partial charge >= 0.3 is 0 Å². The van der Waals surface area contributed by atoms with E-state index in [1.54, 1.807) is 42.5 Å². The zero-order valence-electron chi connectivity index (χ0n) is 16.2. The SMILES string of the molecule is COc1ccc(Cl)cc1NC(=O)c1ccc(N2C(=O)[C@@H]3[C@@H](C2=O)[C@H]2C=C[C@@H]3C2)cc1. The lowest BCUT2D eigenvalue weighted by Crippen LogP contribution is -2.32. The monoisotopic (exact) mass is 422 g/mol. The van der Waals surface area contributed by atoms with Crippen molar-refractivity contribution in [1.82, 2.24) is 0 Å². The Morgan fingerprint density at radius 3 is 2.27 bits per heavy atom. The van der Waals surface area contributed by atoms with Gasteiger partial charge in [0.15, 0.2) is 0 Å². The van der Waals surface area contributed by atoms with Gasteiger partial charge in [-0.3, -0.25) is 19.3 Å². The first kappa shape index (κ1) is 18.9. The van der Waals surface area contributed by atoms with Gasteiger partial charge in [-0.1, -0.05) is 23.8 Å². The fraction of sp³-hybridized carbons (Fsp3) is 0.261. The van der Waals surface area contributed by atoms with Crippen molar-refractivity contribution < 1.29 is 19.1 Å². The number of rotatable bonds is 4. The zero-order valence-corrected chi connectivity index (χ0v) is 16.9. The molecule has 1 aliphatic heterocycles. The molecule has 3 aliphatic rings. The molecule has 30 heavy (non-hydrogen) atoms. The van der Waals surface area contributed by atoms with Gasteiger partial charge in [0.1, 0.15) is 5.75 Å². The molecule has 6 nitrogen and oxygen atoms in total. The Morgan fingerprint density at radius 1 is 1.03 bits per heavy atom. The standard InChI is InChI=1S/C23H19ClN2O4/c1-30-18-9-6-15(24)11-17(18)25-21(27)12-4-7-16(8-5-12)26-22(28)19-13-2-3-14(10-13)20(19)23(26)29/h2-9,11,13-14,19-20H,10H2,1H3,(H,25,27)/t13-,14+,19-,20-/m0/s1. The van der Waals surface area contributed by atoms with Crippen molar-refractivity contribution in [3.05, 3.63) is 65.2 Å². The number of halogens is 1. The first-order valence-corrected chi connectivity index (χ1v) is 10.2. The molecule has 1 heterocycles. The number of ether oxygens (including phenoxy) is 1. The first-order chi connectivity index (χ1) is 14.5. The number of fused-ring (bicyclic) bond motifs is 5. The molecule has 3 amide bonds. The highest BCUT2D eigenvalue weighted by molar-refractivity contribution is 6.31. The third-order valence-corrected chi connectivity index (χ3v) is 6.50. The maximum atomic E-state index is 12.9. The summed E-state index contributed by atoms with van der Waals surface area (Å²) < 4.78 is 5.25. The maximum Gasteiger partial charge on any atom is 0.255 e. The van der Waals surface area contributed by atoms with E-state index in [1.165, 1.54) is 12.0 Å². The van der Waals surface area contributed by atoms with E-state index in [0.29, 0.717) is 27.7 Å². The number of benzene rings is 2. The number of hydrogen-bond acceptors (Lipinski definition) is 4. The number of nitrogens with one attached hydrogen (secondary N) is 1. The zero-order chi connectivity index (χ0) is 21.0. The van der Waals surface area contributed by atoms with Crippen LogP contribution in [-0.4, -0.2) is 24.8 Å². The highest BCUT2D eigenvalue weighted by atomic mass is 35.5. The van der Waals surface area contributed by atoms with E-state index in [0.717, 1.165) is 6.42 Å². The Labute approximate surface area is 178 Å². The minimum Gasteiger partial charge on any atom is -0.495 e. The number of methoxy groups -OCH3 is 1. The third kappa shape index (κ3) is 2.82. The van der Waals surface area contributed by atoms with E-state index in [-0.39, 0.29) is 41.4 Å². The van der Waals surface area contributed by atoms with Gasteiger partial charge in [0.25, 0.3) is 5.91 Å². The summed E-state index contributed by atoms with van der Waals surface area (Å²) >= 11 is 6.01. The van der Waals surface area contributed by atoms with Gasteiger partial charge in [0.05, 0.1) is 30.3 Å². The number of hydrogen-bond donors (Lipinski definition) is 1. The Kier molecular flexibility index (Phi) is 4.40. The van der Waals surface area contributed by atoms with Gasteiger partial charge in [0, 0.05) is 10.6 Å². The van der Waals surface area contributed by atoms with Gasteiger partial charge in [-0.2, -0.15) is 0 Å². The van der Waals surface area contributed by atoms with Crippen molar-refractivity contribution in [3.63, 3.8) is 0 Å². The minimum atomic E-state index is -0.347. The molecule has 2 fully saturated rings. The number of carbonyl (C=O) groups is 3. The molecule has 4 atom stereocenters. The van der Waals surface area contributed by atoms with Crippen molar-refractivity contribution in [3.8, 4) is 5.75 Å². The van der Waals surface area contributed by atoms with Crippen LogP contribution in [0.25, 0.3) is 0 Å². The molecule has 0 aromatic heterocycles. The summed E-state index contributed by atoms with van der Waals surface area (Å²) in [6.07, 6.45) is 5.03. The molecule has 1 N–H and O–H groups in total. The summed E-state index contributed by atoms with van der Waals surface area (Å²) in [4.78, 5) is 39.8. The summed E-state index contributed by atoms with van der Waals surface area (Å²) in [7, 11) is 1.51. The Balaban J connectivity index is 1.35. The molecule has 2 aromatic carbocycles. The first-order valence-electron chi connectivity index (χ1n) is 9.79. The van der Waals surface area contributed by atoms with Crippen LogP contribution in [0.5, 0.6) is 5.75 Å². The number of anilines is 2. The topological polar surface area (TPSA) is 75.7 Å². The Morgan fingerprint density at radius 2 is 1.67 bits per heavy atom. The van der Waals surface area contributed by atoms with Gasteiger partial charge in [0.2, 0.25) is 11.8 Å². The van der Waals surface area contributed by atoms with Crippen molar-refractivity contribution in [1.29, 1.82) is 0 Å². The summed E-state index contributed by atoms with van der Waals surface area (Å²) in [5, 5.41) is 3.25. The van der Waals surface area contributed by atoms with Gasteiger partial charge in [-0.05, 0) is 60.7 Å². The second-order valence-corrected chi connectivity index (χ2v) is 8.29. The maximum absolute atomic E-state index is 12.9. The molecular formula is C23H19ClN2O4. The average molecular weight is 423 g/mol. The van der Waals surface area contributed by atoms with Crippen molar-refractivity contribution in [2.75, 3.05) is 17.3 Å². The van der Waals surface area contributed by atoms with E-state index in [4.69, 9.17) is 16.3 Å². The van der Waals surface area contributed by atoms with Crippen molar-refractivity contribution in [2.24, 2.45) is 23.7 Å². The lowest BCUT2D eigenvalue weighted by Gasteiger charge is -2.17. The molecule has 0 radical (unpaired) electrons. The molecule has 2 aromatic rings. The van der Waals surface area contributed by atoms with E-state index in [2.05, 4.69) is 17.5 Å². The number of amides is 3. The molecule has 5 rings (SSSR count). The molecule has 2 bridgehead atoms. The summed E-state index contributed by atoms with van der Waals surface area (Å²) in [6.45, 7) is 0. The molecule has 7 heteroatoms. The Bertz CT molecular complexity index is 1060. The van der Waals surface area contributed by atoms with Crippen LogP contribution >= 0.6 is 11.6 Å². The van der Waals surface area contributed by atoms with Gasteiger partial charge < -0.3 is 10.1 Å². The van der Waals surface area contributed by atoms with Crippen molar-refractivity contribution in [2.45, 2.75) is 6.42 Å². The van der Waals surface area contributed by atoms with Gasteiger partial charge in [-0.15, -0.1) is 0 Å². The quantitative estimate of drug-likeness (QED) is 0.598. The highest BCUT2D eigenvalue weighted by Gasteiger charge is 2.59. The van der Waals surface area contributed by atoms with Crippen LogP contribution < -0.4 is 15.0 Å². The van der Waals surface area contributed by atoms with E-state index < -0.39 is 0 Å². The lowest BCUT2D eigenvalue weighted by atomic mass is 9.85. The van der Waals surface area contributed by atoms with Crippen LogP contribution in [0.3, 0.4) is 0 Å². The van der Waals surface area contributed by atoms with E-state index in [9.17, 15) is 14.4 Å². The minimum absolute atomic E-state index is 0.136. The highest BCUT2D eigenvalue weighted by Crippen LogP contribution is 2.53. The fourth-order valence-corrected chi connectivity index (χ4v) is 5.06. The third-order valence-electron chi connectivity index (χ3n) is 6.27. The molecule has 1 saturated carbocycles. The molecule has 152 valence electrons. The number of allylic oxidation sites excluding steroid dienone is 2. The fourth-order valence-electron chi connectivity index (χ4n) is 4.89. The number of carbonyl (C=O) groups excluding carboxylic acids is 3. The van der Waals surface area contributed by atoms with E-state index >= 15 is 0 Å². The lowest BCUT2D eigenvalue weighted by molar-refractivity contribution is -0.123. The second kappa shape index (κ2) is 6.99. The van der Waals surface area contributed by atoms with Crippen LogP contribution in [0.4, 0.5) is 11.4 Å². The van der Waals surface area contributed by atoms with Crippen LogP contribution in [0, 0.1) is 23.7 Å². The average Bonchev–Trinajstić information content (AvgIpc) is 3.42. The summed E-state index contributed by atoms with van der Waals surface area (Å²) in [5.74, 6) is -0.284. The Hall–Kier alpha value is -3.12. The summed E-state index contributed by atoms with van der Waals surface area (Å²) in [6, 6.07) is 11.4. The van der Waals surface area contributed by atoms with Crippen LogP contribution in [0.15, 0.2) is 54.6 Å². The van der Waals surface area contributed by atoms with Crippen molar-refractivity contribution >= 4 is 40.7 Å². The smallest absolute Gasteiger partial charge is 0.255 e. The predicted molar refractivity (Wildman–Crippen MR) is 113 cm³/mol. The van der Waals surface area contributed by atoms with Crippen LogP contribution in [0.1, 0.15) is 16.8 Å². The largest absolute Gasteiger partial charge is 0.495 e. The molecule has 1 saturated heterocycles.